The van der Waals surface area contributed by atoms with Gasteiger partial charge in [-0.15, -0.1) is 11.3 Å². The third-order valence-electron chi connectivity index (χ3n) is 12.6. The highest BCUT2D eigenvalue weighted by Crippen LogP contribution is 2.47. The minimum atomic E-state index is -1.42. The molecule has 0 bridgehead atoms. The predicted molar refractivity (Wildman–Crippen MR) is 240 cm³/mol. The van der Waals surface area contributed by atoms with Crippen molar-refractivity contribution in [2.45, 2.75) is 123 Å². The molecular formula is C45H62ClN7O9S. The van der Waals surface area contributed by atoms with Gasteiger partial charge < -0.3 is 44.9 Å². The molecule has 2 aliphatic heterocycles. The highest BCUT2D eigenvalue weighted by Gasteiger charge is 2.61. The number of morpholine rings is 1. The number of fused-ring (bicyclic) bond motifs is 1. The lowest BCUT2D eigenvalue weighted by molar-refractivity contribution is -0.146. The zero-order valence-corrected chi connectivity index (χ0v) is 38.9. The average Bonchev–Trinajstić information content (AvgIpc) is 3.54. The molecule has 3 aromatic rings. The van der Waals surface area contributed by atoms with Crippen LogP contribution in [0.5, 0.6) is 11.5 Å². The number of rotatable bonds is 16. The van der Waals surface area contributed by atoms with E-state index >= 15 is 0 Å². The van der Waals surface area contributed by atoms with Crippen molar-refractivity contribution in [1.29, 1.82) is 0 Å². The van der Waals surface area contributed by atoms with Crippen LogP contribution in [0.1, 0.15) is 87.0 Å². The summed E-state index contributed by atoms with van der Waals surface area (Å²) in [6.07, 6.45) is 1.66. The van der Waals surface area contributed by atoms with Crippen LogP contribution in [0.2, 0.25) is 5.02 Å². The molecule has 0 radical (unpaired) electrons. The quantitative estimate of drug-likeness (QED) is 0.120. The standard InChI is InChI=1S/C45H62ClN7O9S/c1-8-27-22-45(27,41(56)57)51-39(54)33-20-29(23-53(33)40(55)38(44(5,6)7)50-43(58)62-28-10-9-26(4)19-28)61-35-21-31(32-24-63-42(49-32)47-25(2)3)48-37-30(35)11-12-34(36(37)46)60-18-15-52-13-16-59-17-14-52/h11-12,21,24-29,33,38H,8-10,13-20,22-23H2,1-7H3,(H,47,49)(H,50,58)(H,51,54)(H,56,57)/t26-,27-,28+,29-,33+,38-,45?/m1/s1. The molecule has 16 nitrogen and oxygen atoms in total. The number of benzene rings is 1. The van der Waals surface area contributed by atoms with E-state index in [0.717, 1.165) is 37.5 Å². The van der Waals surface area contributed by atoms with Gasteiger partial charge in [-0.25, -0.2) is 19.6 Å². The number of carbonyl (C=O) groups excluding carboxylic acids is 3. The summed E-state index contributed by atoms with van der Waals surface area (Å²) >= 11 is 8.55. The van der Waals surface area contributed by atoms with Crippen LogP contribution in [0.4, 0.5) is 9.93 Å². The number of anilines is 1. The molecule has 4 aliphatic rings. The number of carboxylic acids is 1. The zero-order chi connectivity index (χ0) is 45.2. The third kappa shape index (κ3) is 10.7. The molecule has 3 amide bonds. The summed E-state index contributed by atoms with van der Waals surface area (Å²) < 4.78 is 24.3. The first-order valence-electron chi connectivity index (χ1n) is 22.2. The molecule has 2 saturated heterocycles. The van der Waals surface area contributed by atoms with E-state index in [2.05, 4.69) is 27.8 Å². The summed E-state index contributed by atoms with van der Waals surface area (Å²) in [5.74, 6) is -1.17. The summed E-state index contributed by atoms with van der Waals surface area (Å²) in [5.41, 5.74) is -0.703. The number of nitrogens with zero attached hydrogens (tertiary/aromatic N) is 4. The van der Waals surface area contributed by atoms with Crippen molar-refractivity contribution in [3.05, 3.63) is 28.6 Å². The van der Waals surface area contributed by atoms with Gasteiger partial charge in [-0.3, -0.25) is 14.5 Å². The Labute approximate surface area is 378 Å². The van der Waals surface area contributed by atoms with E-state index in [1.165, 1.54) is 16.2 Å². The number of nitrogens with one attached hydrogen (secondary N) is 3. The van der Waals surface area contributed by atoms with Gasteiger partial charge in [-0.1, -0.05) is 52.6 Å². The highest BCUT2D eigenvalue weighted by molar-refractivity contribution is 7.14. The second-order valence-electron chi connectivity index (χ2n) is 18.9. The molecule has 0 spiro atoms. The van der Waals surface area contributed by atoms with Crippen molar-refractivity contribution in [1.82, 2.24) is 30.4 Å². The number of aliphatic carboxylic acids is 1. The number of alkyl carbamates (subject to hydrolysis) is 1. The molecule has 63 heavy (non-hydrogen) atoms. The average molecular weight is 913 g/mol. The normalized spacial score (nSPS) is 25.5. The van der Waals surface area contributed by atoms with Gasteiger partial charge in [0.15, 0.2) is 5.13 Å². The zero-order valence-electron chi connectivity index (χ0n) is 37.3. The number of halogens is 1. The molecular weight excluding hydrogens is 850 g/mol. The molecule has 7 atom stereocenters. The minimum absolute atomic E-state index is 0.0353. The van der Waals surface area contributed by atoms with Crippen molar-refractivity contribution < 1.29 is 43.2 Å². The fourth-order valence-corrected chi connectivity index (χ4v) is 10.0. The molecule has 7 rings (SSSR count). The minimum Gasteiger partial charge on any atom is -0.491 e. The van der Waals surface area contributed by atoms with Crippen LogP contribution >= 0.6 is 22.9 Å². The Bertz CT molecular complexity index is 2160. The smallest absolute Gasteiger partial charge is 0.408 e. The SMILES string of the molecule is CC[C@@H]1CC1(NC(=O)[C@@H]1C[C@@H](Oc2cc(-c3csc(NC(C)C)n3)nc3c(Cl)c(OCCN4CCOCC4)ccc23)CN1C(=O)[C@@H](NC(=O)O[C@H]1CC[C@@H](C)C1)C(C)(C)C)C(=O)O. The first-order chi connectivity index (χ1) is 29.9. The Hall–Kier alpha value is -4.45. The van der Waals surface area contributed by atoms with Crippen LogP contribution < -0.4 is 25.4 Å². The van der Waals surface area contributed by atoms with Gasteiger partial charge in [0.25, 0.3) is 0 Å². The number of aromatic nitrogens is 2. The van der Waals surface area contributed by atoms with Gasteiger partial charge in [0, 0.05) is 48.9 Å². The van der Waals surface area contributed by atoms with Crippen molar-refractivity contribution in [3.8, 4) is 22.9 Å². The van der Waals surface area contributed by atoms with Gasteiger partial charge in [-0.05, 0) is 68.9 Å². The Morgan fingerprint density at radius 1 is 1.06 bits per heavy atom. The molecule has 4 heterocycles. The van der Waals surface area contributed by atoms with Crippen molar-refractivity contribution in [3.63, 3.8) is 0 Å². The van der Waals surface area contributed by atoms with Gasteiger partial charge in [0.1, 0.15) is 58.7 Å². The molecule has 4 N–H and O–H groups in total. The number of thiazole rings is 1. The Morgan fingerprint density at radius 2 is 1.83 bits per heavy atom. The van der Waals surface area contributed by atoms with Crippen LogP contribution in [-0.2, 0) is 23.9 Å². The molecule has 2 aliphatic carbocycles. The number of hydrogen-bond acceptors (Lipinski definition) is 13. The maximum atomic E-state index is 14.8. The Morgan fingerprint density at radius 3 is 2.48 bits per heavy atom. The second kappa shape index (κ2) is 19.3. The third-order valence-corrected chi connectivity index (χ3v) is 13.7. The first kappa shape index (κ1) is 46.5. The molecule has 2 saturated carbocycles. The summed E-state index contributed by atoms with van der Waals surface area (Å²) in [6, 6.07) is 3.36. The number of carboxylic acid groups (broad SMARTS) is 1. The number of pyridine rings is 1. The molecule has 1 aromatic carbocycles. The highest BCUT2D eigenvalue weighted by atomic mass is 35.5. The molecule has 1 unspecified atom stereocenters. The van der Waals surface area contributed by atoms with Crippen LogP contribution in [0, 0.1) is 17.3 Å². The summed E-state index contributed by atoms with van der Waals surface area (Å²) in [5, 5.41) is 22.7. The lowest BCUT2D eigenvalue weighted by atomic mass is 9.85. The van der Waals surface area contributed by atoms with E-state index < -0.39 is 53.0 Å². The summed E-state index contributed by atoms with van der Waals surface area (Å²) in [4.78, 5) is 68.5. The van der Waals surface area contributed by atoms with Gasteiger partial charge in [0.2, 0.25) is 11.8 Å². The molecule has 344 valence electrons. The lowest BCUT2D eigenvalue weighted by Gasteiger charge is -2.35. The Balaban J connectivity index is 1.20. The maximum Gasteiger partial charge on any atom is 0.408 e. The fourth-order valence-electron chi connectivity index (χ4n) is 8.89. The second-order valence-corrected chi connectivity index (χ2v) is 20.1. The van der Waals surface area contributed by atoms with E-state index in [1.54, 1.807) is 12.1 Å². The van der Waals surface area contributed by atoms with Crippen LogP contribution in [0.15, 0.2) is 23.6 Å². The maximum absolute atomic E-state index is 14.8. The van der Waals surface area contributed by atoms with Crippen molar-refractivity contribution in [2.75, 3.05) is 51.3 Å². The van der Waals surface area contributed by atoms with E-state index in [1.807, 2.05) is 53.0 Å². The fraction of sp³-hybridized carbons (Fsp3) is 0.644. The van der Waals surface area contributed by atoms with Gasteiger partial charge in [0.05, 0.1) is 31.0 Å². The molecule has 18 heteroatoms. The van der Waals surface area contributed by atoms with Crippen LogP contribution in [-0.4, -0.2) is 131 Å². The van der Waals surface area contributed by atoms with Crippen molar-refractivity contribution >= 4 is 62.8 Å². The van der Waals surface area contributed by atoms with Crippen molar-refractivity contribution in [2.24, 2.45) is 17.3 Å². The number of hydrogen-bond donors (Lipinski definition) is 4. The molecule has 2 aromatic heterocycles. The Kier molecular flexibility index (Phi) is 14.3. The van der Waals surface area contributed by atoms with E-state index in [-0.39, 0.29) is 31.0 Å². The predicted octanol–water partition coefficient (Wildman–Crippen LogP) is 6.59. The lowest BCUT2D eigenvalue weighted by Crippen LogP contribution is -2.59. The summed E-state index contributed by atoms with van der Waals surface area (Å²) in [6.45, 7) is 17.6. The largest absolute Gasteiger partial charge is 0.491 e. The van der Waals surface area contributed by atoms with E-state index in [4.69, 9.17) is 40.5 Å². The van der Waals surface area contributed by atoms with E-state index in [0.29, 0.717) is 83.9 Å². The van der Waals surface area contributed by atoms with Gasteiger partial charge >= 0.3 is 12.1 Å². The number of amides is 3. The van der Waals surface area contributed by atoms with E-state index in [9.17, 15) is 24.3 Å². The molecule has 4 fully saturated rings. The van der Waals surface area contributed by atoms with Crippen LogP contribution in [0.3, 0.4) is 0 Å². The van der Waals surface area contributed by atoms with Crippen LogP contribution in [0.25, 0.3) is 22.3 Å². The topological polar surface area (TPSA) is 194 Å². The summed E-state index contributed by atoms with van der Waals surface area (Å²) in [7, 11) is 0. The number of likely N-dealkylation sites (tertiary alicyclic amines) is 1. The number of carbonyl (C=O) groups is 4. The van der Waals surface area contributed by atoms with Gasteiger partial charge in [-0.2, -0.15) is 0 Å². The number of ether oxygens (including phenoxy) is 4. The monoisotopic (exact) mass is 911 g/mol. The first-order valence-corrected chi connectivity index (χ1v) is 23.5.